The van der Waals surface area contributed by atoms with Gasteiger partial charge in [-0.25, -0.2) is 0 Å². The van der Waals surface area contributed by atoms with Crippen molar-refractivity contribution in [3.8, 4) is 0 Å². The predicted molar refractivity (Wildman–Crippen MR) is 47.1 cm³/mol. The molecule has 2 aliphatic heterocycles. The third-order valence-electron chi connectivity index (χ3n) is 2.43. The van der Waals surface area contributed by atoms with Gasteiger partial charge in [0.1, 0.15) is 0 Å². The first-order valence-electron chi connectivity index (χ1n) is 4.27. The van der Waals surface area contributed by atoms with Crippen LogP contribution < -0.4 is 0 Å². The van der Waals surface area contributed by atoms with Crippen LogP contribution in [0.1, 0.15) is 6.92 Å². The fourth-order valence-electron chi connectivity index (χ4n) is 1.74. The SMILES string of the molecule is CC1COC2(CSCC2CO)O1. The fourth-order valence-corrected chi connectivity index (χ4v) is 3.17. The largest absolute Gasteiger partial charge is 0.396 e. The first-order valence-corrected chi connectivity index (χ1v) is 5.43. The summed E-state index contributed by atoms with van der Waals surface area (Å²) in [5.41, 5.74) is 0. The van der Waals surface area contributed by atoms with E-state index in [1.54, 1.807) is 11.8 Å². The second kappa shape index (κ2) is 3.18. The van der Waals surface area contributed by atoms with Gasteiger partial charge in [-0.05, 0) is 6.92 Å². The Kier molecular flexibility index (Phi) is 2.33. The van der Waals surface area contributed by atoms with Crippen molar-refractivity contribution in [2.75, 3.05) is 24.7 Å². The molecule has 0 aliphatic carbocycles. The highest BCUT2D eigenvalue weighted by atomic mass is 32.2. The Labute approximate surface area is 76.4 Å². The topological polar surface area (TPSA) is 38.7 Å². The van der Waals surface area contributed by atoms with Crippen LogP contribution in [0.2, 0.25) is 0 Å². The lowest BCUT2D eigenvalue weighted by atomic mass is 10.0. The molecule has 3 nitrogen and oxygen atoms in total. The highest BCUT2D eigenvalue weighted by Gasteiger charge is 2.50. The molecule has 0 saturated carbocycles. The van der Waals surface area contributed by atoms with E-state index in [0.717, 1.165) is 11.5 Å². The molecule has 1 N–H and O–H groups in total. The molecule has 0 bridgehead atoms. The van der Waals surface area contributed by atoms with Gasteiger partial charge in [-0.15, -0.1) is 0 Å². The molecule has 1 spiro atoms. The number of rotatable bonds is 1. The summed E-state index contributed by atoms with van der Waals surface area (Å²) in [6, 6.07) is 0. The average molecular weight is 190 g/mol. The van der Waals surface area contributed by atoms with Crippen LogP contribution in [0.25, 0.3) is 0 Å². The lowest BCUT2D eigenvalue weighted by Crippen LogP contribution is -2.40. The van der Waals surface area contributed by atoms with Gasteiger partial charge in [0.05, 0.1) is 19.3 Å². The van der Waals surface area contributed by atoms with Gasteiger partial charge in [-0.3, -0.25) is 0 Å². The van der Waals surface area contributed by atoms with Gasteiger partial charge in [0, 0.05) is 17.4 Å². The van der Waals surface area contributed by atoms with E-state index < -0.39 is 5.79 Å². The molecule has 0 aromatic carbocycles. The number of aliphatic hydroxyl groups is 1. The zero-order valence-corrected chi connectivity index (χ0v) is 7.97. The Morgan fingerprint density at radius 3 is 3.08 bits per heavy atom. The lowest BCUT2D eigenvalue weighted by Gasteiger charge is -2.27. The minimum Gasteiger partial charge on any atom is -0.396 e. The van der Waals surface area contributed by atoms with E-state index in [1.807, 2.05) is 6.92 Å². The number of hydrogen-bond donors (Lipinski definition) is 1. The minimum atomic E-state index is -0.459. The molecule has 0 aromatic rings. The molecule has 3 atom stereocenters. The molecule has 2 aliphatic rings. The summed E-state index contributed by atoms with van der Waals surface area (Å²) in [5.74, 6) is 1.51. The van der Waals surface area contributed by atoms with Crippen LogP contribution in [-0.4, -0.2) is 41.7 Å². The third-order valence-corrected chi connectivity index (χ3v) is 3.67. The maximum absolute atomic E-state index is 9.10. The molecule has 0 radical (unpaired) electrons. The molecule has 2 heterocycles. The van der Waals surface area contributed by atoms with E-state index in [2.05, 4.69) is 0 Å². The van der Waals surface area contributed by atoms with Gasteiger partial charge in [0.2, 0.25) is 0 Å². The first-order chi connectivity index (χ1) is 5.77. The van der Waals surface area contributed by atoms with E-state index >= 15 is 0 Å². The Morgan fingerprint density at radius 2 is 2.50 bits per heavy atom. The summed E-state index contributed by atoms with van der Waals surface area (Å²) >= 11 is 1.79. The molecule has 0 amide bonds. The van der Waals surface area contributed by atoms with Crippen molar-refractivity contribution in [1.29, 1.82) is 0 Å². The zero-order valence-electron chi connectivity index (χ0n) is 7.16. The number of thioether (sulfide) groups is 1. The molecule has 2 saturated heterocycles. The smallest absolute Gasteiger partial charge is 0.183 e. The van der Waals surface area contributed by atoms with Crippen LogP contribution in [0.5, 0.6) is 0 Å². The van der Waals surface area contributed by atoms with Crippen LogP contribution in [-0.2, 0) is 9.47 Å². The standard InChI is InChI=1S/C8H14O3S/c1-6-3-10-8(11-6)5-12-4-7(8)2-9/h6-7,9H,2-5H2,1H3. The highest BCUT2D eigenvalue weighted by Crippen LogP contribution is 2.41. The zero-order chi connectivity index (χ0) is 8.60. The second-order valence-electron chi connectivity index (χ2n) is 3.45. The van der Waals surface area contributed by atoms with E-state index in [-0.39, 0.29) is 18.6 Å². The molecule has 2 rings (SSSR count). The normalized spacial score (nSPS) is 47.5. The molecular formula is C8H14O3S. The highest BCUT2D eigenvalue weighted by molar-refractivity contribution is 7.99. The molecule has 70 valence electrons. The molecule has 4 heteroatoms. The van der Waals surface area contributed by atoms with Crippen molar-refractivity contribution in [1.82, 2.24) is 0 Å². The first kappa shape index (κ1) is 8.81. The maximum atomic E-state index is 9.10. The van der Waals surface area contributed by atoms with Gasteiger partial charge >= 0.3 is 0 Å². The van der Waals surface area contributed by atoms with E-state index in [4.69, 9.17) is 14.6 Å². The van der Waals surface area contributed by atoms with Crippen LogP contribution in [0, 0.1) is 5.92 Å². The quantitative estimate of drug-likeness (QED) is 0.652. The summed E-state index contributed by atoms with van der Waals surface area (Å²) in [6.45, 7) is 2.84. The predicted octanol–water partition coefficient (Wildman–Crippen LogP) is 0.473. The Bertz CT molecular complexity index is 176. The van der Waals surface area contributed by atoms with Gasteiger partial charge in [-0.1, -0.05) is 0 Å². The number of aliphatic hydroxyl groups excluding tert-OH is 1. The van der Waals surface area contributed by atoms with Crippen LogP contribution in [0.3, 0.4) is 0 Å². The fraction of sp³-hybridized carbons (Fsp3) is 1.00. The third kappa shape index (κ3) is 1.27. The Morgan fingerprint density at radius 1 is 1.67 bits per heavy atom. The van der Waals surface area contributed by atoms with Gasteiger partial charge in [0.25, 0.3) is 0 Å². The van der Waals surface area contributed by atoms with Crippen LogP contribution in [0.15, 0.2) is 0 Å². The summed E-state index contributed by atoms with van der Waals surface area (Å²) in [5, 5.41) is 9.10. The van der Waals surface area contributed by atoms with Crippen molar-refractivity contribution in [2.45, 2.75) is 18.8 Å². The summed E-state index contributed by atoms with van der Waals surface area (Å²) in [4.78, 5) is 0. The lowest BCUT2D eigenvalue weighted by molar-refractivity contribution is -0.182. The average Bonchev–Trinajstić information content (AvgIpc) is 2.60. The maximum Gasteiger partial charge on any atom is 0.183 e. The van der Waals surface area contributed by atoms with Crippen molar-refractivity contribution < 1.29 is 14.6 Å². The van der Waals surface area contributed by atoms with E-state index in [1.165, 1.54) is 0 Å². The molecule has 12 heavy (non-hydrogen) atoms. The second-order valence-corrected chi connectivity index (χ2v) is 4.48. The Hall–Kier alpha value is 0.230. The van der Waals surface area contributed by atoms with Gasteiger partial charge < -0.3 is 14.6 Å². The summed E-state index contributed by atoms with van der Waals surface area (Å²) in [6.07, 6.45) is 0.178. The van der Waals surface area contributed by atoms with Crippen molar-refractivity contribution >= 4 is 11.8 Å². The summed E-state index contributed by atoms with van der Waals surface area (Å²) in [7, 11) is 0. The minimum absolute atomic E-state index is 0.160. The van der Waals surface area contributed by atoms with Crippen molar-refractivity contribution in [3.63, 3.8) is 0 Å². The van der Waals surface area contributed by atoms with Crippen LogP contribution >= 0.6 is 11.8 Å². The van der Waals surface area contributed by atoms with Crippen LogP contribution in [0.4, 0.5) is 0 Å². The summed E-state index contributed by atoms with van der Waals surface area (Å²) < 4.78 is 11.3. The van der Waals surface area contributed by atoms with Gasteiger partial charge in [-0.2, -0.15) is 11.8 Å². The van der Waals surface area contributed by atoms with Gasteiger partial charge in [0.15, 0.2) is 5.79 Å². The number of ether oxygens (including phenoxy) is 2. The van der Waals surface area contributed by atoms with Crippen molar-refractivity contribution in [3.05, 3.63) is 0 Å². The Balaban J connectivity index is 2.09. The molecular weight excluding hydrogens is 176 g/mol. The molecule has 2 fully saturated rings. The monoisotopic (exact) mass is 190 g/mol. The molecule has 0 aromatic heterocycles. The van der Waals surface area contributed by atoms with E-state index in [9.17, 15) is 0 Å². The molecule has 3 unspecified atom stereocenters. The van der Waals surface area contributed by atoms with Crippen molar-refractivity contribution in [2.24, 2.45) is 5.92 Å². The number of hydrogen-bond acceptors (Lipinski definition) is 4. The van der Waals surface area contributed by atoms with E-state index in [0.29, 0.717) is 6.61 Å².